The Labute approximate surface area is 120 Å². The van der Waals surface area contributed by atoms with Gasteiger partial charge < -0.3 is 10.1 Å². The molecule has 0 unspecified atom stereocenters. The van der Waals surface area contributed by atoms with E-state index in [4.69, 9.17) is 39.5 Å². The van der Waals surface area contributed by atoms with E-state index in [-0.39, 0.29) is 0 Å². The molecule has 0 bridgehead atoms. The van der Waals surface area contributed by atoms with Gasteiger partial charge in [0.1, 0.15) is 5.75 Å². The summed E-state index contributed by atoms with van der Waals surface area (Å²) < 4.78 is 5.73. The summed E-state index contributed by atoms with van der Waals surface area (Å²) in [6, 6.07) is 10.4. The summed E-state index contributed by atoms with van der Waals surface area (Å²) in [5.74, 6) is 1.19. The summed E-state index contributed by atoms with van der Waals surface area (Å²) in [5.41, 5.74) is 0.786. The molecule has 0 aliphatic heterocycles. The van der Waals surface area contributed by atoms with Crippen LogP contribution in [-0.4, -0.2) is 7.05 Å². The Kier molecular flexibility index (Phi) is 4.23. The fourth-order valence-electron chi connectivity index (χ4n) is 1.46. The lowest BCUT2D eigenvalue weighted by molar-refractivity contribution is 0.485. The number of benzene rings is 2. The SMILES string of the molecule is CNc1cc(Cl)ccc1Oc1ccc(Cl)cc1Cl. The minimum absolute atomic E-state index is 0.458. The van der Waals surface area contributed by atoms with Gasteiger partial charge in [-0.2, -0.15) is 0 Å². The summed E-state index contributed by atoms with van der Waals surface area (Å²) in [4.78, 5) is 0. The van der Waals surface area contributed by atoms with Gasteiger partial charge in [-0.15, -0.1) is 0 Å². The first-order valence-electron chi connectivity index (χ1n) is 5.20. The lowest BCUT2D eigenvalue weighted by atomic mass is 10.3. The van der Waals surface area contributed by atoms with Gasteiger partial charge in [-0.05, 0) is 36.4 Å². The van der Waals surface area contributed by atoms with E-state index in [2.05, 4.69) is 5.32 Å². The Morgan fingerprint density at radius 3 is 2.11 bits per heavy atom. The Hall–Kier alpha value is -1.09. The van der Waals surface area contributed by atoms with E-state index in [0.29, 0.717) is 26.6 Å². The van der Waals surface area contributed by atoms with Gasteiger partial charge >= 0.3 is 0 Å². The van der Waals surface area contributed by atoms with Crippen LogP contribution in [0.25, 0.3) is 0 Å². The summed E-state index contributed by atoms with van der Waals surface area (Å²) >= 11 is 17.8. The molecule has 1 N–H and O–H groups in total. The van der Waals surface area contributed by atoms with Crippen LogP contribution in [0.1, 0.15) is 0 Å². The highest BCUT2D eigenvalue weighted by atomic mass is 35.5. The first kappa shape index (κ1) is 13.3. The van der Waals surface area contributed by atoms with Crippen LogP contribution in [0.15, 0.2) is 36.4 Å². The normalized spacial score (nSPS) is 10.2. The third-order valence-electron chi connectivity index (χ3n) is 2.32. The van der Waals surface area contributed by atoms with Gasteiger partial charge in [0.05, 0.1) is 10.7 Å². The highest BCUT2D eigenvalue weighted by Gasteiger charge is 2.08. The standard InChI is InChI=1S/C13H10Cl3NO/c1-17-11-7-9(15)3-5-13(11)18-12-4-2-8(14)6-10(12)16/h2-7,17H,1H3. The maximum atomic E-state index is 6.05. The molecular weight excluding hydrogens is 293 g/mol. The number of hydrogen-bond acceptors (Lipinski definition) is 2. The molecule has 18 heavy (non-hydrogen) atoms. The van der Waals surface area contributed by atoms with E-state index < -0.39 is 0 Å². The highest BCUT2D eigenvalue weighted by molar-refractivity contribution is 6.35. The first-order chi connectivity index (χ1) is 8.60. The number of nitrogens with one attached hydrogen (secondary N) is 1. The van der Waals surface area contributed by atoms with E-state index in [1.165, 1.54) is 0 Å². The molecule has 2 aromatic rings. The van der Waals surface area contributed by atoms with Crippen molar-refractivity contribution in [1.29, 1.82) is 0 Å². The number of ether oxygens (including phenoxy) is 1. The monoisotopic (exact) mass is 301 g/mol. The van der Waals surface area contributed by atoms with Crippen LogP contribution in [0.2, 0.25) is 15.1 Å². The van der Waals surface area contributed by atoms with Crippen molar-refractivity contribution in [3.63, 3.8) is 0 Å². The number of rotatable bonds is 3. The molecule has 0 fully saturated rings. The van der Waals surface area contributed by atoms with Crippen LogP contribution < -0.4 is 10.1 Å². The van der Waals surface area contributed by atoms with E-state index in [0.717, 1.165) is 5.69 Å². The van der Waals surface area contributed by atoms with Crippen molar-refractivity contribution in [1.82, 2.24) is 0 Å². The average molecular weight is 303 g/mol. The summed E-state index contributed by atoms with van der Waals surface area (Å²) in [6.45, 7) is 0. The van der Waals surface area contributed by atoms with Crippen LogP contribution in [0.5, 0.6) is 11.5 Å². The zero-order valence-electron chi connectivity index (χ0n) is 9.51. The van der Waals surface area contributed by atoms with Gasteiger partial charge in [-0.25, -0.2) is 0 Å². The van der Waals surface area contributed by atoms with Crippen LogP contribution >= 0.6 is 34.8 Å². The Morgan fingerprint density at radius 1 is 0.889 bits per heavy atom. The quantitative estimate of drug-likeness (QED) is 0.810. The van der Waals surface area contributed by atoms with Gasteiger partial charge in [0, 0.05) is 17.1 Å². The molecule has 2 nitrogen and oxygen atoms in total. The van der Waals surface area contributed by atoms with Gasteiger partial charge in [-0.1, -0.05) is 34.8 Å². The van der Waals surface area contributed by atoms with Crippen LogP contribution in [0, 0.1) is 0 Å². The van der Waals surface area contributed by atoms with Crippen molar-refractivity contribution in [2.75, 3.05) is 12.4 Å². The van der Waals surface area contributed by atoms with E-state index in [1.54, 1.807) is 43.4 Å². The topological polar surface area (TPSA) is 21.3 Å². The van der Waals surface area contributed by atoms with Crippen molar-refractivity contribution in [2.45, 2.75) is 0 Å². The summed E-state index contributed by atoms with van der Waals surface area (Å²) in [6.07, 6.45) is 0. The first-order valence-corrected chi connectivity index (χ1v) is 6.34. The Balaban J connectivity index is 2.33. The van der Waals surface area contributed by atoms with Crippen molar-refractivity contribution in [3.05, 3.63) is 51.5 Å². The third-order valence-corrected chi connectivity index (χ3v) is 3.09. The summed E-state index contributed by atoms with van der Waals surface area (Å²) in [7, 11) is 1.79. The van der Waals surface area contributed by atoms with Gasteiger partial charge in [0.15, 0.2) is 5.75 Å². The smallest absolute Gasteiger partial charge is 0.150 e. The number of anilines is 1. The molecule has 0 atom stereocenters. The molecule has 0 saturated heterocycles. The molecule has 0 heterocycles. The van der Waals surface area contributed by atoms with Crippen LogP contribution in [0.4, 0.5) is 5.69 Å². The molecule has 2 rings (SSSR count). The lowest BCUT2D eigenvalue weighted by Gasteiger charge is -2.12. The van der Waals surface area contributed by atoms with E-state index >= 15 is 0 Å². The average Bonchev–Trinajstić information content (AvgIpc) is 2.34. The summed E-state index contributed by atoms with van der Waals surface area (Å²) in [5, 5.41) is 4.67. The molecule has 0 radical (unpaired) electrons. The minimum Gasteiger partial charge on any atom is -0.454 e. The molecule has 0 aromatic heterocycles. The van der Waals surface area contributed by atoms with E-state index in [9.17, 15) is 0 Å². The van der Waals surface area contributed by atoms with E-state index in [1.807, 2.05) is 0 Å². The van der Waals surface area contributed by atoms with Crippen molar-refractivity contribution in [3.8, 4) is 11.5 Å². The zero-order chi connectivity index (χ0) is 13.1. The minimum atomic E-state index is 0.458. The number of hydrogen-bond donors (Lipinski definition) is 1. The second-order valence-corrected chi connectivity index (χ2v) is 4.85. The fourth-order valence-corrected chi connectivity index (χ4v) is 2.08. The fraction of sp³-hybridized carbons (Fsp3) is 0.0769. The van der Waals surface area contributed by atoms with Crippen molar-refractivity contribution in [2.24, 2.45) is 0 Å². The van der Waals surface area contributed by atoms with Gasteiger partial charge in [0.25, 0.3) is 0 Å². The molecule has 0 spiro atoms. The highest BCUT2D eigenvalue weighted by Crippen LogP contribution is 2.36. The van der Waals surface area contributed by atoms with Crippen molar-refractivity contribution < 1.29 is 4.74 Å². The molecule has 5 heteroatoms. The molecule has 0 saturated carbocycles. The zero-order valence-corrected chi connectivity index (χ0v) is 11.8. The largest absolute Gasteiger partial charge is 0.454 e. The molecule has 0 amide bonds. The number of halogens is 3. The molecule has 94 valence electrons. The molecular formula is C13H10Cl3NO. The maximum absolute atomic E-state index is 6.05. The molecule has 0 aliphatic rings. The Morgan fingerprint density at radius 2 is 1.50 bits per heavy atom. The van der Waals surface area contributed by atoms with Gasteiger partial charge in [0.2, 0.25) is 0 Å². The maximum Gasteiger partial charge on any atom is 0.150 e. The lowest BCUT2D eigenvalue weighted by Crippen LogP contribution is -1.93. The van der Waals surface area contributed by atoms with Crippen LogP contribution in [0.3, 0.4) is 0 Å². The van der Waals surface area contributed by atoms with Gasteiger partial charge in [-0.3, -0.25) is 0 Å². The molecule has 2 aromatic carbocycles. The van der Waals surface area contributed by atoms with Crippen molar-refractivity contribution >= 4 is 40.5 Å². The third kappa shape index (κ3) is 3.02. The molecule has 0 aliphatic carbocycles. The van der Waals surface area contributed by atoms with Crippen LogP contribution in [-0.2, 0) is 0 Å². The second-order valence-electron chi connectivity index (χ2n) is 3.57. The second kappa shape index (κ2) is 5.70. The Bertz CT molecular complexity index is 572. The predicted octanol–water partition coefficient (Wildman–Crippen LogP) is 5.48. The predicted molar refractivity (Wildman–Crippen MR) is 77.5 cm³/mol.